The van der Waals surface area contributed by atoms with E-state index in [-0.39, 0.29) is 0 Å². The maximum atomic E-state index is 9.56. The second-order valence-electron chi connectivity index (χ2n) is 2.84. The van der Waals surface area contributed by atoms with E-state index in [1.807, 2.05) is 19.1 Å². The first kappa shape index (κ1) is 11.3. The minimum Gasteiger partial charge on any atom is -0.386 e. The monoisotopic (exact) mass is 282 g/mol. The molecule has 1 unspecified atom stereocenters. The summed E-state index contributed by atoms with van der Waals surface area (Å²) in [5.74, 6) is 0. The zero-order valence-corrected chi connectivity index (χ0v) is 10.1. The Kier molecular flexibility index (Phi) is 4.05. The van der Waals surface area contributed by atoms with Crippen LogP contribution in [-0.2, 0) is 0 Å². The molecule has 0 spiro atoms. The average Bonchev–Trinajstić information content (AvgIpc) is 2.01. The summed E-state index contributed by atoms with van der Waals surface area (Å²) in [6.45, 7) is 1.94. The lowest BCUT2D eigenvalue weighted by Gasteiger charge is -2.12. The van der Waals surface area contributed by atoms with Gasteiger partial charge in [-0.1, -0.05) is 22.0 Å². The van der Waals surface area contributed by atoms with Crippen molar-refractivity contribution in [1.82, 2.24) is 0 Å². The summed E-state index contributed by atoms with van der Waals surface area (Å²) in [5.41, 5.74) is 1.78. The molecule has 0 saturated heterocycles. The van der Waals surface area contributed by atoms with Gasteiger partial charge in [-0.15, -0.1) is 23.2 Å². The average molecular weight is 284 g/mol. The fourth-order valence-corrected chi connectivity index (χ4v) is 2.00. The highest BCUT2D eigenvalue weighted by Crippen LogP contribution is 2.27. The number of halogens is 3. The summed E-state index contributed by atoms with van der Waals surface area (Å²) in [6.07, 6.45) is -0.834. The van der Waals surface area contributed by atoms with Gasteiger partial charge in [0.05, 0.1) is 0 Å². The topological polar surface area (TPSA) is 20.2 Å². The Balaban J connectivity index is 3.01. The van der Waals surface area contributed by atoms with Crippen LogP contribution in [0.5, 0.6) is 0 Å². The molecule has 0 aliphatic carbocycles. The summed E-state index contributed by atoms with van der Waals surface area (Å²) in [4.78, 5) is -0.797. The molecule has 0 aliphatic heterocycles. The van der Waals surface area contributed by atoms with Gasteiger partial charge in [-0.25, -0.2) is 0 Å². The zero-order chi connectivity index (χ0) is 10.0. The molecular formula is C9H9BrCl2O. The van der Waals surface area contributed by atoms with Gasteiger partial charge in [-0.2, -0.15) is 0 Å². The molecule has 0 radical (unpaired) electrons. The summed E-state index contributed by atoms with van der Waals surface area (Å²) in [5, 5.41) is 9.56. The van der Waals surface area contributed by atoms with Crippen LogP contribution < -0.4 is 0 Å². The van der Waals surface area contributed by atoms with E-state index in [1.165, 1.54) is 0 Å². The zero-order valence-electron chi connectivity index (χ0n) is 6.97. The number of alkyl halides is 2. The molecule has 0 amide bonds. The first-order valence-corrected chi connectivity index (χ1v) is 5.40. The second kappa shape index (κ2) is 4.65. The van der Waals surface area contributed by atoms with Gasteiger partial charge in [-0.05, 0) is 30.2 Å². The minimum absolute atomic E-state index is 0.724. The molecule has 0 fully saturated rings. The van der Waals surface area contributed by atoms with Gasteiger partial charge in [0.1, 0.15) is 10.9 Å². The van der Waals surface area contributed by atoms with Crippen LogP contribution in [0.2, 0.25) is 0 Å². The lowest BCUT2D eigenvalue weighted by molar-refractivity contribution is 0.192. The van der Waals surface area contributed by atoms with Crippen molar-refractivity contribution in [2.24, 2.45) is 0 Å². The Bertz CT molecular complexity index is 281. The van der Waals surface area contributed by atoms with E-state index < -0.39 is 10.9 Å². The van der Waals surface area contributed by atoms with E-state index in [4.69, 9.17) is 23.2 Å². The van der Waals surface area contributed by atoms with Crippen molar-refractivity contribution in [3.63, 3.8) is 0 Å². The summed E-state index contributed by atoms with van der Waals surface area (Å²) in [6, 6.07) is 5.61. The van der Waals surface area contributed by atoms with Gasteiger partial charge < -0.3 is 5.11 Å². The number of aliphatic hydroxyl groups is 1. The molecule has 0 aliphatic rings. The number of hydrogen-bond acceptors (Lipinski definition) is 1. The van der Waals surface area contributed by atoms with Crippen LogP contribution in [0.1, 0.15) is 17.2 Å². The number of aryl methyl sites for hydroxylation is 1. The lowest BCUT2D eigenvalue weighted by Crippen LogP contribution is -2.06. The number of aliphatic hydroxyl groups excluding tert-OH is 1. The molecule has 4 heteroatoms. The highest BCUT2D eigenvalue weighted by atomic mass is 79.9. The van der Waals surface area contributed by atoms with Crippen LogP contribution in [0.15, 0.2) is 22.7 Å². The molecule has 1 N–H and O–H groups in total. The summed E-state index contributed by atoms with van der Waals surface area (Å²) in [7, 11) is 0. The van der Waals surface area contributed by atoms with E-state index >= 15 is 0 Å². The third-order valence-electron chi connectivity index (χ3n) is 1.64. The maximum Gasteiger partial charge on any atom is 0.137 e. The fraction of sp³-hybridized carbons (Fsp3) is 0.333. The molecule has 1 rings (SSSR count). The van der Waals surface area contributed by atoms with Gasteiger partial charge in [0.2, 0.25) is 0 Å². The third kappa shape index (κ3) is 3.13. The van der Waals surface area contributed by atoms with Crippen LogP contribution in [-0.4, -0.2) is 9.94 Å². The maximum absolute atomic E-state index is 9.56. The van der Waals surface area contributed by atoms with Crippen molar-refractivity contribution < 1.29 is 5.11 Å². The molecule has 72 valence electrons. The van der Waals surface area contributed by atoms with Crippen molar-refractivity contribution in [1.29, 1.82) is 0 Å². The SMILES string of the molecule is Cc1cc(Br)cc(C(O)C(Cl)Cl)c1. The number of benzene rings is 1. The van der Waals surface area contributed by atoms with Gasteiger partial charge >= 0.3 is 0 Å². The molecule has 13 heavy (non-hydrogen) atoms. The molecular weight excluding hydrogens is 275 g/mol. The Morgan fingerprint density at radius 1 is 1.31 bits per heavy atom. The highest BCUT2D eigenvalue weighted by Gasteiger charge is 2.15. The standard InChI is InChI=1S/C9H9BrCl2O/c1-5-2-6(4-7(10)3-5)8(13)9(11)12/h2-4,8-9,13H,1H3. The number of hydrogen-bond donors (Lipinski definition) is 1. The van der Waals surface area contributed by atoms with Crippen molar-refractivity contribution >= 4 is 39.1 Å². The van der Waals surface area contributed by atoms with E-state index in [0.29, 0.717) is 0 Å². The van der Waals surface area contributed by atoms with E-state index in [1.54, 1.807) is 6.07 Å². The van der Waals surface area contributed by atoms with Crippen LogP contribution in [0.4, 0.5) is 0 Å². The van der Waals surface area contributed by atoms with Crippen molar-refractivity contribution in [3.05, 3.63) is 33.8 Å². The van der Waals surface area contributed by atoms with E-state index in [0.717, 1.165) is 15.6 Å². The Morgan fingerprint density at radius 3 is 2.38 bits per heavy atom. The predicted molar refractivity (Wildman–Crippen MR) is 59.3 cm³/mol. The van der Waals surface area contributed by atoms with Gasteiger partial charge in [0.15, 0.2) is 0 Å². The van der Waals surface area contributed by atoms with Gasteiger partial charge in [0, 0.05) is 4.47 Å². The van der Waals surface area contributed by atoms with Crippen molar-refractivity contribution in [3.8, 4) is 0 Å². The molecule has 1 nitrogen and oxygen atoms in total. The molecule has 0 heterocycles. The Labute approximate surface area is 95.8 Å². The lowest BCUT2D eigenvalue weighted by atomic mass is 10.1. The molecule has 1 aromatic carbocycles. The summed E-state index contributed by atoms with van der Waals surface area (Å²) >= 11 is 14.5. The van der Waals surface area contributed by atoms with Crippen molar-refractivity contribution in [2.45, 2.75) is 17.9 Å². The normalized spacial score (nSPS) is 13.4. The largest absolute Gasteiger partial charge is 0.386 e. The second-order valence-corrected chi connectivity index (χ2v) is 4.92. The van der Waals surface area contributed by atoms with E-state index in [9.17, 15) is 5.11 Å². The molecule has 1 atom stereocenters. The van der Waals surface area contributed by atoms with E-state index in [2.05, 4.69) is 15.9 Å². The smallest absolute Gasteiger partial charge is 0.137 e. The quantitative estimate of drug-likeness (QED) is 0.823. The summed E-state index contributed by atoms with van der Waals surface area (Å²) < 4.78 is 0.913. The highest BCUT2D eigenvalue weighted by molar-refractivity contribution is 9.10. The minimum atomic E-state index is -0.834. The first-order valence-electron chi connectivity index (χ1n) is 3.74. The third-order valence-corrected chi connectivity index (χ3v) is 2.58. The molecule has 0 aromatic heterocycles. The fourth-order valence-electron chi connectivity index (χ4n) is 1.08. The number of rotatable bonds is 2. The Morgan fingerprint density at radius 2 is 1.92 bits per heavy atom. The molecule has 0 bridgehead atoms. The molecule has 0 saturated carbocycles. The van der Waals surface area contributed by atoms with Crippen molar-refractivity contribution in [2.75, 3.05) is 0 Å². The molecule has 1 aromatic rings. The van der Waals surface area contributed by atoms with Gasteiger partial charge in [-0.3, -0.25) is 0 Å². The van der Waals surface area contributed by atoms with Crippen LogP contribution >= 0.6 is 39.1 Å². The predicted octanol–water partition coefficient (Wildman–Crippen LogP) is 3.59. The van der Waals surface area contributed by atoms with Crippen LogP contribution in [0, 0.1) is 6.92 Å². The van der Waals surface area contributed by atoms with Crippen LogP contribution in [0.3, 0.4) is 0 Å². The van der Waals surface area contributed by atoms with Gasteiger partial charge in [0.25, 0.3) is 0 Å². The first-order chi connectivity index (χ1) is 6.00. The van der Waals surface area contributed by atoms with Crippen LogP contribution in [0.25, 0.3) is 0 Å². The Hall–Kier alpha value is 0.240.